The number of rotatable bonds is 3. The highest BCUT2D eigenvalue weighted by Gasteiger charge is 2.48. The molecule has 1 aromatic rings. The summed E-state index contributed by atoms with van der Waals surface area (Å²) in [5, 5.41) is 11.6. The summed E-state index contributed by atoms with van der Waals surface area (Å²) in [4.78, 5) is 23.1. The molecule has 1 aromatic carbocycles. The second kappa shape index (κ2) is 4.33. The zero-order valence-corrected chi connectivity index (χ0v) is 10.2. The van der Waals surface area contributed by atoms with Gasteiger partial charge in [-0.1, -0.05) is 0 Å². The van der Waals surface area contributed by atoms with E-state index in [9.17, 15) is 14.0 Å². The van der Waals surface area contributed by atoms with Crippen molar-refractivity contribution in [1.29, 1.82) is 0 Å². The average molecular weight is 263 g/mol. The molecule has 0 spiro atoms. The van der Waals surface area contributed by atoms with Crippen LogP contribution in [0.1, 0.15) is 29.6 Å². The fraction of sp³-hybridized carbons (Fsp3) is 0.429. The number of hydrogen-bond donors (Lipinski definition) is 2. The third-order valence-corrected chi connectivity index (χ3v) is 4.08. The topological polar surface area (TPSA) is 66.4 Å². The molecule has 2 atom stereocenters. The zero-order valence-electron chi connectivity index (χ0n) is 10.2. The number of carboxylic acids is 1. The van der Waals surface area contributed by atoms with E-state index in [4.69, 9.17) is 5.11 Å². The largest absolute Gasteiger partial charge is 0.478 e. The molecule has 19 heavy (non-hydrogen) atoms. The first-order valence-electron chi connectivity index (χ1n) is 6.38. The first-order chi connectivity index (χ1) is 9.04. The van der Waals surface area contributed by atoms with Crippen LogP contribution in [0.25, 0.3) is 0 Å². The monoisotopic (exact) mass is 263 g/mol. The van der Waals surface area contributed by atoms with Gasteiger partial charge in [0.05, 0.1) is 11.3 Å². The lowest BCUT2D eigenvalue weighted by Crippen LogP contribution is -2.23. The first kappa shape index (κ1) is 12.1. The van der Waals surface area contributed by atoms with Crippen molar-refractivity contribution in [3.63, 3.8) is 0 Å². The van der Waals surface area contributed by atoms with Crippen molar-refractivity contribution in [3.05, 3.63) is 29.6 Å². The van der Waals surface area contributed by atoms with Crippen molar-refractivity contribution in [2.24, 2.45) is 17.8 Å². The third-order valence-electron chi connectivity index (χ3n) is 4.08. The molecule has 3 rings (SSSR count). The van der Waals surface area contributed by atoms with E-state index >= 15 is 0 Å². The third kappa shape index (κ3) is 2.32. The second-order valence-electron chi connectivity index (χ2n) is 5.41. The van der Waals surface area contributed by atoms with E-state index in [1.54, 1.807) is 0 Å². The first-order valence-corrected chi connectivity index (χ1v) is 6.38. The number of carboxylic acid groups (broad SMARTS) is 1. The quantitative estimate of drug-likeness (QED) is 0.880. The number of anilines is 1. The highest BCUT2D eigenvalue weighted by molar-refractivity contribution is 6.01. The molecule has 0 saturated heterocycles. The summed E-state index contributed by atoms with van der Waals surface area (Å²) in [6.07, 6.45) is 2.95. The van der Waals surface area contributed by atoms with E-state index in [1.807, 2.05) is 0 Å². The normalized spacial score (nSPS) is 27.7. The van der Waals surface area contributed by atoms with Crippen LogP contribution in [-0.4, -0.2) is 17.0 Å². The van der Waals surface area contributed by atoms with E-state index < -0.39 is 11.8 Å². The van der Waals surface area contributed by atoms with Crippen LogP contribution in [0.5, 0.6) is 0 Å². The lowest BCUT2D eigenvalue weighted by Gasteiger charge is -2.14. The molecule has 1 amide bonds. The summed E-state index contributed by atoms with van der Waals surface area (Å²) in [5.74, 6) is -0.655. The van der Waals surface area contributed by atoms with Gasteiger partial charge in [-0.2, -0.15) is 0 Å². The Morgan fingerprint density at radius 3 is 2.53 bits per heavy atom. The molecule has 0 aromatic heterocycles. The van der Waals surface area contributed by atoms with Gasteiger partial charge in [0, 0.05) is 5.92 Å². The molecule has 2 saturated carbocycles. The molecule has 2 N–H and O–H groups in total. The van der Waals surface area contributed by atoms with Crippen LogP contribution in [0, 0.1) is 23.6 Å². The van der Waals surface area contributed by atoms with Crippen LogP contribution >= 0.6 is 0 Å². The van der Waals surface area contributed by atoms with Crippen LogP contribution in [0.2, 0.25) is 0 Å². The van der Waals surface area contributed by atoms with Crippen LogP contribution < -0.4 is 5.32 Å². The van der Waals surface area contributed by atoms with E-state index in [1.165, 1.54) is 12.5 Å². The highest BCUT2D eigenvalue weighted by Crippen LogP contribution is 2.54. The number of fused-ring (bicyclic) bond motifs is 1. The van der Waals surface area contributed by atoms with Crippen LogP contribution in [0.4, 0.5) is 10.1 Å². The Morgan fingerprint density at radius 2 is 1.89 bits per heavy atom. The predicted molar refractivity (Wildman–Crippen MR) is 66.3 cm³/mol. The molecular weight excluding hydrogens is 249 g/mol. The minimum absolute atomic E-state index is 0.0399. The molecule has 4 nitrogen and oxygen atoms in total. The maximum absolute atomic E-state index is 13.2. The SMILES string of the molecule is O=C(O)c1ccc(F)cc1NC(=O)C1CC2CC2C1. The smallest absolute Gasteiger partial charge is 0.337 e. The van der Waals surface area contributed by atoms with Gasteiger partial charge < -0.3 is 10.4 Å². The minimum Gasteiger partial charge on any atom is -0.478 e. The predicted octanol–water partition coefficient (Wildman–Crippen LogP) is 2.51. The van der Waals surface area contributed by atoms with Crippen molar-refractivity contribution < 1.29 is 19.1 Å². The molecule has 0 aliphatic heterocycles. The highest BCUT2D eigenvalue weighted by atomic mass is 19.1. The Hall–Kier alpha value is -1.91. The lowest BCUT2D eigenvalue weighted by atomic mass is 10.0. The van der Waals surface area contributed by atoms with Crippen molar-refractivity contribution in [2.75, 3.05) is 5.32 Å². The summed E-state index contributed by atoms with van der Waals surface area (Å²) >= 11 is 0. The van der Waals surface area contributed by atoms with Crippen molar-refractivity contribution in [3.8, 4) is 0 Å². The Labute approximate surface area is 109 Å². The Bertz CT molecular complexity index is 548. The molecule has 0 radical (unpaired) electrons. The van der Waals surface area contributed by atoms with Gasteiger partial charge in [0.25, 0.3) is 0 Å². The molecule has 5 heteroatoms. The van der Waals surface area contributed by atoms with E-state index in [0.29, 0.717) is 11.8 Å². The summed E-state index contributed by atoms with van der Waals surface area (Å²) < 4.78 is 13.2. The van der Waals surface area contributed by atoms with Crippen molar-refractivity contribution in [1.82, 2.24) is 0 Å². The van der Waals surface area contributed by atoms with Crippen molar-refractivity contribution >= 4 is 17.6 Å². The number of halogens is 1. The minimum atomic E-state index is -1.18. The van der Waals surface area contributed by atoms with Crippen molar-refractivity contribution in [2.45, 2.75) is 19.3 Å². The van der Waals surface area contributed by atoms with Crippen LogP contribution in [-0.2, 0) is 4.79 Å². The van der Waals surface area contributed by atoms with E-state index in [0.717, 1.165) is 25.0 Å². The molecule has 2 aliphatic carbocycles. The van der Waals surface area contributed by atoms with Gasteiger partial charge in [-0.15, -0.1) is 0 Å². The van der Waals surface area contributed by atoms with Crippen LogP contribution in [0.3, 0.4) is 0 Å². The molecule has 2 fully saturated rings. The molecular formula is C14H14FNO3. The van der Waals surface area contributed by atoms with Crippen LogP contribution in [0.15, 0.2) is 18.2 Å². The second-order valence-corrected chi connectivity index (χ2v) is 5.41. The van der Waals surface area contributed by atoms with Gasteiger partial charge in [0.1, 0.15) is 5.82 Å². The zero-order chi connectivity index (χ0) is 13.6. The van der Waals surface area contributed by atoms with Gasteiger partial charge in [-0.3, -0.25) is 4.79 Å². The number of nitrogens with one attached hydrogen (secondary N) is 1. The Morgan fingerprint density at radius 1 is 1.21 bits per heavy atom. The van der Waals surface area contributed by atoms with Gasteiger partial charge in [-0.05, 0) is 49.3 Å². The summed E-state index contributed by atoms with van der Waals surface area (Å²) in [6, 6.07) is 3.29. The summed E-state index contributed by atoms with van der Waals surface area (Å²) in [5.41, 5.74) is -0.0454. The molecule has 0 heterocycles. The molecule has 2 aliphatic rings. The lowest BCUT2D eigenvalue weighted by molar-refractivity contribution is -0.120. The summed E-state index contributed by atoms with van der Waals surface area (Å²) in [6.45, 7) is 0. The van der Waals surface area contributed by atoms with Gasteiger partial charge in [0.2, 0.25) is 5.91 Å². The fourth-order valence-electron chi connectivity index (χ4n) is 2.97. The average Bonchev–Trinajstić information content (AvgIpc) is 2.95. The number of amides is 1. The maximum Gasteiger partial charge on any atom is 0.337 e. The fourth-order valence-corrected chi connectivity index (χ4v) is 2.97. The van der Waals surface area contributed by atoms with E-state index in [-0.39, 0.29) is 23.1 Å². The number of benzene rings is 1. The maximum atomic E-state index is 13.2. The molecule has 0 bridgehead atoms. The Kier molecular flexibility index (Phi) is 2.77. The number of carbonyl (C=O) groups excluding carboxylic acids is 1. The molecule has 100 valence electrons. The van der Waals surface area contributed by atoms with E-state index in [2.05, 4.69) is 5.32 Å². The standard InChI is InChI=1S/C14H14FNO3/c15-10-1-2-11(14(18)19)12(6-10)16-13(17)9-4-7-3-8(7)5-9/h1-2,6-9H,3-5H2,(H,16,17)(H,18,19). The Balaban J connectivity index is 1.76. The van der Waals surface area contributed by atoms with Gasteiger partial charge in [-0.25, -0.2) is 9.18 Å². The molecule has 2 unspecified atom stereocenters. The number of carbonyl (C=O) groups is 2. The number of aromatic carboxylic acids is 1. The van der Waals surface area contributed by atoms with Gasteiger partial charge >= 0.3 is 5.97 Å². The summed E-state index contributed by atoms with van der Waals surface area (Å²) in [7, 11) is 0. The van der Waals surface area contributed by atoms with Gasteiger partial charge in [0.15, 0.2) is 0 Å². The number of hydrogen-bond acceptors (Lipinski definition) is 2.